The molecule has 0 aliphatic carbocycles. The molecule has 0 unspecified atom stereocenters. The molecule has 2 heterocycles. The fourth-order valence-corrected chi connectivity index (χ4v) is 2.28. The van der Waals surface area contributed by atoms with Gasteiger partial charge in [-0.15, -0.1) is 0 Å². The summed E-state index contributed by atoms with van der Waals surface area (Å²) < 4.78 is 6.43. The van der Waals surface area contributed by atoms with Crippen molar-refractivity contribution in [1.82, 2.24) is 10.3 Å². The lowest BCUT2D eigenvalue weighted by atomic mass is 10.3. The monoisotopic (exact) mass is 303 g/mol. The minimum atomic E-state index is -0.369. The normalized spacial score (nSPS) is 11.4. The zero-order valence-corrected chi connectivity index (χ0v) is 12.4. The first-order valence-electron chi connectivity index (χ1n) is 6.24. The second-order valence-corrected chi connectivity index (χ2v) is 5.07. The molecule has 2 rings (SSSR count). The molecule has 21 heavy (non-hydrogen) atoms. The number of aryl methyl sites for hydroxylation is 2. The third-order valence-electron chi connectivity index (χ3n) is 2.51. The van der Waals surface area contributed by atoms with Crippen molar-refractivity contribution in [3.63, 3.8) is 0 Å². The minimum absolute atomic E-state index is 0.0813. The largest absolute Gasteiger partial charge is 0.861 e. The van der Waals surface area contributed by atoms with Crippen LogP contribution in [0.4, 0.5) is 5.88 Å². The van der Waals surface area contributed by atoms with Crippen LogP contribution in [0.25, 0.3) is 0 Å². The molecule has 0 amide bonds. The van der Waals surface area contributed by atoms with Gasteiger partial charge >= 0.3 is 5.88 Å². The molecule has 0 fully saturated rings. The third kappa shape index (κ3) is 4.03. The van der Waals surface area contributed by atoms with Gasteiger partial charge < -0.3 is 5.11 Å². The molecule has 0 aliphatic heterocycles. The first kappa shape index (κ1) is 15.0. The number of thioether (sulfide) groups is 1. The lowest BCUT2D eigenvalue weighted by Crippen LogP contribution is -2.32. The molecule has 7 nitrogen and oxygen atoms in total. The summed E-state index contributed by atoms with van der Waals surface area (Å²) in [5.41, 5.74) is 1.24. The van der Waals surface area contributed by atoms with Crippen LogP contribution in [0.1, 0.15) is 18.2 Å². The Hall–Kier alpha value is -2.40. The maximum atomic E-state index is 11.8. The smallest absolute Gasteiger partial charge is 0.320 e. The Balaban J connectivity index is 2.05. The maximum Gasteiger partial charge on any atom is 0.320 e. The van der Waals surface area contributed by atoms with Crippen LogP contribution in [0.15, 0.2) is 32.9 Å². The molecular weight excluding hydrogens is 290 g/mol. The highest BCUT2D eigenvalue weighted by Crippen LogP contribution is 2.20. The van der Waals surface area contributed by atoms with Crippen molar-refractivity contribution in [1.29, 1.82) is 5.26 Å². The van der Waals surface area contributed by atoms with E-state index >= 15 is 0 Å². The van der Waals surface area contributed by atoms with E-state index in [0.29, 0.717) is 17.1 Å². The Kier molecular flexibility index (Phi) is 4.90. The number of hydrogen-bond donors (Lipinski definition) is 0. The van der Waals surface area contributed by atoms with Crippen LogP contribution in [-0.2, 0) is 6.54 Å². The van der Waals surface area contributed by atoms with Crippen LogP contribution in [0, 0.1) is 18.3 Å². The van der Waals surface area contributed by atoms with Crippen molar-refractivity contribution < 1.29 is 14.3 Å². The second-order valence-electron chi connectivity index (χ2n) is 4.11. The van der Waals surface area contributed by atoms with Crippen LogP contribution in [0.5, 0.6) is 0 Å². The summed E-state index contributed by atoms with van der Waals surface area (Å²) in [6.07, 6.45) is 1.55. The molecule has 0 radical (unpaired) electrons. The maximum absolute atomic E-state index is 11.8. The lowest BCUT2D eigenvalue weighted by Gasteiger charge is -2.09. The number of nitriles is 1. The molecule has 2 aromatic heterocycles. The van der Waals surface area contributed by atoms with Crippen molar-refractivity contribution in [2.45, 2.75) is 25.4 Å². The van der Waals surface area contributed by atoms with Gasteiger partial charge in [-0.2, -0.15) is 5.26 Å². The van der Waals surface area contributed by atoms with Gasteiger partial charge in [-0.1, -0.05) is 16.4 Å². The van der Waals surface area contributed by atoms with Gasteiger partial charge in [0, 0.05) is 11.4 Å². The van der Waals surface area contributed by atoms with E-state index in [4.69, 9.17) is 9.78 Å². The highest BCUT2D eigenvalue weighted by atomic mass is 32.2. The molecule has 0 atom stereocenters. The second kappa shape index (κ2) is 6.85. The molecule has 0 aromatic carbocycles. The Labute approximate surface area is 125 Å². The quantitative estimate of drug-likeness (QED) is 0.349. The van der Waals surface area contributed by atoms with E-state index in [1.807, 2.05) is 13.8 Å². The van der Waals surface area contributed by atoms with E-state index in [0.717, 1.165) is 5.69 Å². The van der Waals surface area contributed by atoms with E-state index in [1.54, 1.807) is 18.3 Å². The van der Waals surface area contributed by atoms with Gasteiger partial charge in [0.1, 0.15) is 11.1 Å². The lowest BCUT2D eigenvalue weighted by molar-refractivity contribution is -0.759. The van der Waals surface area contributed by atoms with E-state index in [1.165, 1.54) is 16.4 Å². The van der Waals surface area contributed by atoms with E-state index in [9.17, 15) is 5.11 Å². The summed E-state index contributed by atoms with van der Waals surface area (Å²) in [5, 5.41) is 25.0. The van der Waals surface area contributed by atoms with Crippen LogP contribution < -0.4 is 9.79 Å². The Bertz CT molecular complexity index is 705. The van der Waals surface area contributed by atoms with E-state index in [2.05, 4.69) is 21.3 Å². The average molecular weight is 303 g/mol. The van der Waals surface area contributed by atoms with Crippen molar-refractivity contribution >= 4 is 23.5 Å². The van der Waals surface area contributed by atoms with Crippen LogP contribution in [-0.4, -0.2) is 21.9 Å². The van der Waals surface area contributed by atoms with Crippen molar-refractivity contribution in [3.05, 3.63) is 29.6 Å². The van der Waals surface area contributed by atoms with E-state index in [-0.39, 0.29) is 17.5 Å². The number of hydrogen-bond acceptors (Lipinski definition) is 7. The molecule has 108 valence electrons. The molecule has 0 N–H and O–H groups in total. The van der Waals surface area contributed by atoms with Crippen molar-refractivity contribution in [2.75, 3.05) is 5.75 Å². The molecular formula is C13H13N5O2S. The number of nitrogens with zero attached hydrogens (tertiary/aromatic N) is 5. The zero-order valence-electron chi connectivity index (χ0n) is 11.6. The summed E-state index contributed by atoms with van der Waals surface area (Å²) in [6, 6.07) is 5.49. The molecule has 8 heteroatoms. The fraction of sp³-hybridized carbons (Fsp3) is 0.308. The number of aliphatic imine (C=N–C) groups is 1. The van der Waals surface area contributed by atoms with Crippen molar-refractivity contribution in [2.24, 2.45) is 4.99 Å². The predicted molar refractivity (Wildman–Crippen MR) is 73.9 cm³/mol. The predicted octanol–water partition coefficient (Wildman–Crippen LogP) is 0.740. The zero-order chi connectivity index (χ0) is 15.2. The molecule has 2 aromatic rings. The van der Waals surface area contributed by atoms with Gasteiger partial charge in [-0.05, 0) is 31.9 Å². The topological polar surface area (TPSA) is 102 Å². The SMILES string of the molecule is CC[n+]1cc(/N=C(\[O-])CSc2nc(C)ccc2C#N)on1. The summed E-state index contributed by atoms with van der Waals surface area (Å²) in [5.74, 6) is -0.121. The number of pyridine rings is 1. The summed E-state index contributed by atoms with van der Waals surface area (Å²) in [4.78, 5) is 8.05. The van der Waals surface area contributed by atoms with Crippen LogP contribution >= 0.6 is 11.8 Å². The summed E-state index contributed by atoms with van der Waals surface area (Å²) in [7, 11) is 0. The Morgan fingerprint density at radius 2 is 2.38 bits per heavy atom. The fourth-order valence-electron chi connectivity index (χ4n) is 1.48. The Morgan fingerprint density at radius 1 is 1.57 bits per heavy atom. The molecule has 0 spiro atoms. The van der Waals surface area contributed by atoms with Crippen LogP contribution in [0.2, 0.25) is 0 Å². The number of rotatable bonds is 5. The van der Waals surface area contributed by atoms with Gasteiger partial charge in [0.15, 0.2) is 6.54 Å². The number of aromatic nitrogens is 3. The van der Waals surface area contributed by atoms with Gasteiger partial charge in [0.05, 0.1) is 5.56 Å². The van der Waals surface area contributed by atoms with Crippen molar-refractivity contribution in [3.8, 4) is 6.07 Å². The van der Waals surface area contributed by atoms with E-state index < -0.39 is 0 Å². The first-order valence-corrected chi connectivity index (χ1v) is 7.22. The molecule has 0 aliphatic rings. The first-order chi connectivity index (χ1) is 10.1. The van der Waals surface area contributed by atoms with Gasteiger partial charge in [0.2, 0.25) is 5.27 Å². The highest BCUT2D eigenvalue weighted by molar-refractivity contribution is 7.99. The average Bonchev–Trinajstić information content (AvgIpc) is 2.93. The molecule has 0 bridgehead atoms. The molecule has 0 saturated carbocycles. The van der Waals surface area contributed by atoms with Gasteiger partial charge in [0.25, 0.3) is 6.20 Å². The highest BCUT2D eigenvalue weighted by Gasteiger charge is 2.08. The van der Waals surface area contributed by atoms with Gasteiger partial charge in [-0.25, -0.2) is 9.98 Å². The third-order valence-corrected chi connectivity index (χ3v) is 3.49. The summed E-state index contributed by atoms with van der Waals surface area (Å²) in [6.45, 7) is 4.37. The standard InChI is InChI=1S/C13H13N5O2S/c1-3-18-7-12(20-17-18)16-11(19)8-21-13-10(6-14)5-4-9(2)15-13/h4-5,7H,3,8H2,1-2H3. The minimum Gasteiger partial charge on any atom is -0.861 e. The van der Waals surface area contributed by atoms with Crippen LogP contribution in [0.3, 0.4) is 0 Å². The van der Waals surface area contributed by atoms with Gasteiger partial charge in [-0.3, -0.25) is 4.52 Å². The Morgan fingerprint density at radius 3 is 3.05 bits per heavy atom. The summed E-state index contributed by atoms with van der Waals surface area (Å²) >= 11 is 1.18. The molecule has 0 saturated heterocycles.